The summed E-state index contributed by atoms with van der Waals surface area (Å²) in [5, 5.41) is 1.60. The van der Waals surface area contributed by atoms with Gasteiger partial charge in [0, 0.05) is 24.4 Å². The zero-order valence-electron chi connectivity index (χ0n) is 16.4. The molecule has 0 radical (unpaired) electrons. The normalized spacial score (nSPS) is 19.3. The molecule has 0 aliphatic heterocycles. The van der Waals surface area contributed by atoms with Crippen molar-refractivity contribution in [3.05, 3.63) is 69.5 Å². The van der Waals surface area contributed by atoms with Crippen LogP contribution in [0.2, 0.25) is 5.02 Å². The smallest absolute Gasteiger partial charge is 0.352 e. The molecule has 2 aromatic rings. The highest BCUT2D eigenvalue weighted by Gasteiger charge is 2.67. The van der Waals surface area contributed by atoms with Crippen LogP contribution in [0, 0.1) is 23.4 Å². The highest BCUT2D eigenvalue weighted by atomic mass is 35.5. The third-order valence-corrected chi connectivity index (χ3v) is 6.39. The van der Waals surface area contributed by atoms with Crippen molar-refractivity contribution in [1.82, 2.24) is 5.32 Å². The molecule has 3 rings (SSSR count). The quantitative estimate of drug-likeness (QED) is 0.350. The molecule has 1 saturated carbocycles. The standard InChI is InChI=1S/C21H14Cl3F6NO2/c22-12-5-9(1-4-14(12)26)17-18(21(17,23)24)15(32)6-10-2-3-13(25)11(19(10)27)8-31-16(33)7-20(28,29)30/h1-5,17-18H,6-8H2,(H,31,33). The summed E-state index contributed by atoms with van der Waals surface area (Å²) in [5.41, 5.74) is -0.553. The lowest BCUT2D eigenvalue weighted by Gasteiger charge is -2.12. The summed E-state index contributed by atoms with van der Waals surface area (Å²) < 4.78 is 77.4. The minimum Gasteiger partial charge on any atom is -0.352 e. The monoisotopic (exact) mass is 531 g/mol. The van der Waals surface area contributed by atoms with Gasteiger partial charge < -0.3 is 5.32 Å². The van der Waals surface area contributed by atoms with Crippen molar-refractivity contribution in [2.24, 2.45) is 5.92 Å². The fourth-order valence-corrected chi connectivity index (χ4v) is 4.58. The average molecular weight is 533 g/mol. The number of halogens is 9. The third kappa shape index (κ3) is 5.75. The highest BCUT2D eigenvalue weighted by Crippen LogP contribution is 2.65. The predicted molar refractivity (Wildman–Crippen MR) is 110 cm³/mol. The Labute approximate surface area is 199 Å². The highest BCUT2D eigenvalue weighted by molar-refractivity contribution is 6.53. The molecule has 3 nitrogen and oxygen atoms in total. The van der Waals surface area contributed by atoms with Gasteiger partial charge in [-0.3, -0.25) is 9.59 Å². The summed E-state index contributed by atoms with van der Waals surface area (Å²) in [7, 11) is 0. The predicted octanol–water partition coefficient (Wildman–Crippen LogP) is 6.03. The number of benzene rings is 2. The summed E-state index contributed by atoms with van der Waals surface area (Å²) in [6, 6.07) is 5.55. The van der Waals surface area contributed by atoms with Gasteiger partial charge in [0.05, 0.1) is 10.9 Å². The number of ketones is 1. The molecule has 0 heterocycles. The van der Waals surface area contributed by atoms with E-state index in [-0.39, 0.29) is 10.6 Å². The lowest BCUT2D eigenvalue weighted by atomic mass is 10.00. The first kappa shape index (κ1) is 25.6. The Kier molecular flexibility index (Phi) is 7.27. The van der Waals surface area contributed by atoms with E-state index < -0.39 is 76.4 Å². The number of hydrogen-bond donors (Lipinski definition) is 1. The Balaban J connectivity index is 1.74. The molecular formula is C21H14Cl3F6NO2. The van der Waals surface area contributed by atoms with E-state index in [4.69, 9.17) is 34.8 Å². The largest absolute Gasteiger partial charge is 0.397 e. The lowest BCUT2D eigenvalue weighted by molar-refractivity contribution is -0.153. The molecule has 2 aromatic carbocycles. The van der Waals surface area contributed by atoms with Gasteiger partial charge in [0.2, 0.25) is 5.91 Å². The first-order valence-corrected chi connectivity index (χ1v) is 10.5. The van der Waals surface area contributed by atoms with Gasteiger partial charge in [0.25, 0.3) is 0 Å². The minimum absolute atomic E-state index is 0.198. The molecule has 12 heteroatoms. The van der Waals surface area contributed by atoms with Crippen LogP contribution in [0.4, 0.5) is 26.3 Å². The van der Waals surface area contributed by atoms with E-state index in [9.17, 15) is 35.9 Å². The van der Waals surface area contributed by atoms with E-state index in [1.165, 1.54) is 12.1 Å². The number of amides is 1. The van der Waals surface area contributed by atoms with Crippen LogP contribution in [0.3, 0.4) is 0 Å². The van der Waals surface area contributed by atoms with E-state index >= 15 is 0 Å². The van der Waals surface area contributed by atoms with E-state index in [1.54, 1.807) is 5.32 Å². The molecule has 2 unspecified atom stereocenters. The lowest BCUT2D eigenvalue weighted by Crippen LogP contribution is -2.29. The topological polar surface area (TPSA) is 46.2 Å². The first-order chi connectivity index (χ1) is 15.2. The maximum atomic E-state index is 14.8. The van der Waals surface area contributed by atoms with Crippen LogP contribution >= 0.6 is 34.8 Å². The zero-order chi connectivity index (χ0) is 24.7. The fraction of sp³-hybridized carbons (Fsp3) is 0.333. The second-order valence-electron chi connectivity index (χ2n) is 7.51. The van der Waals surface area contributed by atoms with Gasteiger partial charge in [0.15, 0.2) is 0 Å². The van der Waals surface area contributed by atoms with Crippen molar-refractivity contribution in [3.63, 3.8) is 0 Å². The zero-order valence-corrected chi connectivity index (χ0v) is 18.6. The van der Waals surface area contributed by atoms with Gasteiger partial charge in [-0.15, -0.1) is 23.2 Å². The molecule has 33 heavy (non-hydrogen) atoms. The minimum atomic E-state index is -4.78. The molecule has 2 atom stereocenters. The van der Waals surface area contributed by atoms with E-state index in [0.717, 1.165) is 18.2 Å². The SMILES string of the molecule is O=C(CC(F)(F)F)NCc1c(F)ccc(CC(=O)C2C(c3ccc(F)c(Cl)c3)C2(Cl)Cl)c1F. The molecule has 1 N–H and O–H groups in total. The van der Waals surface area contributed by atoms with Crippen molar-refractivity contribution in [2.45, 2.75) is 35.8 Å². The number of hydrogen-bond acceptors (Lipinski definition) is 2. The van der Waals surface area contributed by atoms with Crippen LogP contribution in [0.15, 0.2) is 30.3 Å². The first-order valence-electron chi connectivity index (χ1n) is 9.37. The van der Waals surface area contributed by atoms with Crippen LogP contribution in [0.5, 0.6) is 0 Å². The maximum Gasteiger partial charge on any atom is 0.397 e. The number of alkyl halides is 5. The summed E-state index contributed by atoms with van der Waals surface area (Å²) in [4.78, 5) is 24.1. The Morgan fingerprint density at radius 2 is 1.67 bits per heavy atom. The molecular weight excluding hydrogens is 519 g/mol. The Bertz CT molecular complexity index is 1110. The molecule has 1 aliphatic rings. The molecule has 0 bridgehead atoms. The van der Waals surface area contributed by atoms with Gasteiger partial charge in [-0.05, 0) is 29.3 Å². The summed E-state index contributed by atoms with van der Waals surface area (Å²) in [6.45, 7) is -0.844. The molecule has 1 amide bonds. The summed E-state index contributed by atoms with van der Waals surface area (Å²) in [6.07, 6.45) is -7.13. The van der Waals surface area contributed by atoms with Crippen molar-refractivity contribution < 1.29 is 35.9 Å². The number of carbonyl (C=O) groups excluding carboxylic acids is 2. The van der Waals surface area contributed by atoms with Gasteiger partial charge in [0.1, 0.15) is 34.0 Å². The molecule has 0 aromatic heterocycles. The van der Waals surface area contributed by atoms with Gasteiger partial charge in [-0.1, -0.05) is 23.7 Å². The fourth-order valence-electron chi connectivity index (χ4n) is 3.52. The maximum absolute atomic E-state index is 14.8. The Morgan fingerprint density at radius 1 is 1.03 bits per heavy atom. The number of nitrogens with one attached hydrogen (secondary N) is 1. The van der Waals surface area contributed by atoms with E-state index in [2.05, 4.69) is 0 Å². The van der Waals surface area contributed by atoms with Crippen LogP contribution in [-0.2, 0) is 22.6 Å². The van der Waals surface area contributed by atoms with E-state index in [0.29, 0.717) is 5.56 Å². The molecule has 178 valence electrons. The summed E-state index contributed by atoms with van der Waals surface area (Å²) >= 11 is 18.2. The van der Waals surface area contributed by atoms with Crippen molar-refractivity contribution in [2.75, 3.05) is 0 Å². The van der Waals surface area contributed by atoms with Crippen LogP contribution in [0.25, 0.3) is 0 Å². The Morgan fingerprint density at radius 3 is 2.27 bits per heavy atom. The summed E-state index contributed by atoms with van der Waals surface area (Å²) in [5.74, 6) is -6.75. The van der Waals surface area contributed by atoms with Crippen molar-refractivity contribution >= 4 is 46.5 Å². The Hall–Kier alpha value is -1.97. The van der Waals surface area contributed by atoms with Crippen LogP contribution in [-0.4, -0.2) is 22.2 Å². The van der Waals surface area contributed by atoms with Gasteiger partial charge >= 0.3 is 6.18 Å². The second-order valence-corrected chi connectivity index (χ2v) is 9.37. The van der Waals surface area contributed by atoms with Gasteiger partial charge in [-0.25, -0.2) is 13.2 Å². The van der Waals surface area contributed by atoms with Crippen molar-refractivity contribution in [1.29, 1.82) is 0 Å². The van der Waals surface area contributed by atoms with Gasteiger partial charge in [-0.2, -0.15) is 13.2 Å². The molecule has 1 aliphatic carbocycles. The molecule has 0 spiro atoms. The van der Waals surface area contributed by atoms with Crippen LogP contribution < -0.4 is 5.32 Å². The van der Waals surface area contributed by atoms with E-state index in [1.807, 2.05) is 0 Å². The number of carbonyl (C=O) groups is 2. The second kappa shape index (κ2) is 9.35. The van der Waals surface area contributed by atoms with Crippen LogP contribution in [0.1, 0.15) is 29.0 Å². The van der Waals surface area contributed by atoms with Crippen molar-refractivity contribution in [3.8, 4) is 0 Å². The number of rotatable bonds is 7. The number of Topliss-reactive ketones (excluding diaryl/α,β-unsaturated/α-hetero) is 1. The third-order valence-electron chi connectivity index (χ3n) is 5.16. The molecule has 1 fully saturated rings. The molecule has 0 saturated heterocycles. The average Bonchev–Trinajstić information content (AvgIpc) is 3.27.